The number of alkyl halides is 2. The van der Waals surface area contributed by atoms with Gasteiger partial charge in [-0.2, -0.15) is 0 Å². The van der Waals surface area contributed by atoms with Gasteiger partial charge in [-0.1, -0.05) is 6.07 Å². The van der Waals surface area contributed by atoms with E-state index in [-0.39, 0.29) is 49.8 Å². The lowest BCUT2D eigenvalue weighted by atomic mass is 9.89. The van der Waals surface area contributed by atoms with Crippen LogP contribution < -0.4 is 5.32 Å². The highest BCUT2D eigenvalue weighted by molar-refractivity contribution is 7.11. The van der Waals surface area contributed by atoms with Gasteiger partial charge in [-0.3, -0.25) is 24.5 Å². The summed E-state index contributed by atoms with van der Waals surface area (Å²) in [6, 6.07) is -2.41. The number of hydrazine groups is 1. The van der Waals surface area contributed by atoms with Crippen LogP contribution in [0.4, 0.5) is 22.0 Å². The molecule has 254 valence electrons. The number of amides is 1. The molecule has 0 bridgehead atoms. The Kier molecular flexibility index (Phi) is 9.45. The standard InChI is InChI=1S/C30H33F5N6O5S/c1-5-46-27(43)20-18(37-25(26-36-9-11-47-26)38-23(20)16-6-7-17(31)22(33)21(16)32)12-39-14-30(34,35)24-19(39)13-41(15(2)42)40(24)10-8-29(3,4)28(44)45/h6-7,9,11,19,23-24H,5,8,10,12-14H2,1-4H3,(H,37,38)(H,44,45)/t19-,23-,24+/m0/s1. The number of rotatable bonds is 10. The quantitative estimate of drug-likeness (QED) is 0.219. The minimum Gasteiger partial charge on any atom is -0.481 e. The smallest absolute Gasteiger partial charge is 0.338 e. The Morgan fingerprint density at radius 1 is 1.19 bits per heavy atom. The maximum absolute atomic E-state index is 15.9. The van der Waals surface area contributed by atoms with E-state index in [0.29, 0.717) is 11.1 Å². The number of nitrogens with one attached hydrogen (secondary N) is 1. The predicted octanol–water partition coefficient (Wildman–Crippen LogP) is 3.74. The number of carbonyl (C=O) groups is 3. The minimum atomic E-state index is -3.39. The molecule has 47 heavy (non-hydrogen) atoms. The van der Waals surface area contributed by atoms with Crippen molar-refractivity contribution in [2.45, 2.75) is 58.2 Å². The van der Waals surface area contributed by atoms with Gasteiger partial charge < -0.3 is 15.2 Å². The van der Waals surface area contributed by atoms with Crippen LogP contribution in [-0.4, -0.2) is 99.5 Å². The molecule has 2 N–H and O–H groups in total. The van der Waals surface area contributed by atoms with Gasteiger partial charge in [0.2, 0.25) is 5.91 Å². The number of aliphatic imine (C=N–C) groups is 1. The molecule has 2 fully saturated rings. The van der Waals surface area contributed by atoms with Crippen molar-refractivity contribution in [3.63, 3.8) is 0 Å². The number of aliphatic carboxylic acids is 1. The molecule has 17 heteroatoms. The number of carbonyl (C=O) groups excluding carboxylic acids is 2. The first-order chi connectivity index (χ1) is 22.1. The van der Waals surface area contributed by atoms with Crippen LogP contribution in [0, 0.1) is 22.9 Å². The molecular weight excluding hydrogens is 651 g/mol. The van der Waals surface area contributed by atoms with Gasteiger partial charge in [-0.25, -0.2) is 36.7 Å². The molecule has 11 nitrogen and oxygen atoms in total. The molecule has 1 aromatic heterocycles. The first-order valence-electron chi connectivity index (χ1n) is 14.8. The van der Waals surface area contributed by atoms with Crippen LogP contribution in [0.5, 0.6) is 0 Å². The number of carboxylic acid groups (broad SMARTS) is 1. The van der Waals surface area contributed by atoms with Crippen LogP contribution in [0.1, 0.15) is 50.7 Å². The molecule has 1 aromatic carbocycles. The normalized spacial score (nSPS) is 23.0. The van der Waals surface area contributed by atoms with E-state index in [2.05, 4.69) is 15.3 Å². The van der Waals surface area contributed by atoms with Gasteiger partial charge in [0, 0.05) is 42.9 Å². The maximum atomic E-state index is 15.9. The molecule has 3 aliphatic rings. The average molecular weight is 685 g/mol. The molecule has 0 saturated carbocycles. The molecule has 5 rings (SSSR count). The highest BCUT2D eigenvalue weighted by atomic mass is 32.1. The summed E-state index contributed by atoms with van der Waals surface area (Å²) in [6.45, 7) is 4.09. The molecule has 3 aliphatic heterocycles. The molecule has 0 radical (unpaired) electrons. The molecule has 0 aliphatic carbocycles. The number of nitrogens with zero attached hydrogens (tertiary/aromatic N) is 5. The van der Waals surface area contributed by atoms with E-state index in [1.54, 1.807) is 5.38 Å². The lowest BCUT2D eigenvalue weighted by Gasteiger charge is -2.35. The van der Waals surface area contributed by atoms with Gasteiger partial charge >= 0.3 is 11.9 Å². The van der Waals surface area contributed by atoms with Crippen LogP contribution in [0.3, 0.4) is 0 Å². The van der Waals surface area contributed by atoms with E-state index in [1.165, 1.54) is 48.8 Å². The molecule has 1 amide bonds. The summed E-state index contributed by atoms with van der Waals surface area (Å²) in [5.74, 6) is -10.8. The van der Waals surface area contributed by atoms with E-state index in [0.717, 1.165) is 17.4 Å². The fourth-order valence-corrected chi connectivity index (χ4v) is 6.66. The summed E-state index contributed by atoms with van der Waals surface area (Å²) in [5, 5.41) is 16.8. The zero-order chi connectivity index (χ0) is 34.4. The predicted molar refractivity (Wildman–Crippen MR) is 159 cm³/mol. The van der Waals surface area contributed by atoms with Crippen molar-refractivity contribution >= 4 is 35.0 Å². The number of likely N-dealkylation sites (tertiary alicyclic amines) is 1. The van der Waals surface area contributed by atoms with E-state index >= 15 is 13.2 Å². The first-order valence-corrected chi connectivity index (χ1v) is 15.6. The Balaban J connectivity index is 1.57. The van der Waals surface area contributed by atoms with E-state index in [1.807, 2.05) is 0 Å². The van der Waals surface area contributed by atoms with Crippen LogP contribution in [0.25, 0.3) is 0 Å². The number of thiazole rings is 1. The van der Waals surface area contributed by atoms with Gasteiger partial charge in [-0.15, -0.1) is 11.3 Å². The zero-order valence-electron chi connectivity index (χ0n) is 25.9. The van der Waals surface area contributed by atoms with E-state index in [9.17, 15) is 28.3 Å². The number of hydrogen-bond acceptors (Lipinski definition) is 10. The van der Waals surface area contributed by atoms with Crippen molar-refractivity contribution in [2.75, 3.05) is 32.8 Å². The van der Waals surface area contributed by atoms with Crippen molar-refractivity contribution in [1.29, 1.82) is 0 Å². The summed E-state index contributed by atoms with van der Waals surface area (Å²) in [6.07, 6.45) is 1.43. The first kappa shape index (κ1) is 34.4. The van der Waals surface area contributed by atoms with Crippen molar-refractivity contribution in [2.24, 2.45) is 10.4 Å². The van der Waals surface area contributed by atoms with E-state index < -0.39 is 76.9 Å². The lowest BCUT2D eigenvalue weighted by molar-refractivity contribution is -0.156. The van der Waals surface area contributed by atoms with Crippen LogP contribution >= 0.6 is 11.3 Å². The average Bonchev–Trinajstić information content (AvgIpc) is 3.72. The third-order valence-corrected chi connectivity index (χ3v) is 9.34. The van der Waals surface area contributed by atoms with Crippen LogP contribution in [0.15, 0.2) is 40.0 Å². The second kappa shape index (κ2) is 12.9. The number of amidine groups is 1. The molecular formula is C30H33F5N6O5S. The summed E-state index contributed by atoms with van der Waals surface area (Å²) in [4.78, 5) is 47.8. The summed E-state index contributed by atoms with van der Waals surface area (Å²) in [7, 11) is 0. The molecule has 4 heterocycles. The number of halogens is 5. The second-order valence-electron chi connectivity index (χ2n) is 12.1. The lowest BCUT2D eigenvalue weighted by Crippen LogP contribution is -2.52. The van der Waals surface area contributed by atoms with Gasteiger partial charge in [-0.05, 0) is 33.3 Å². The fourth-order valence-electron chi connectivity index (χ4n) is 6.07. The molecule has 2 saturated heterocycles. The Hall–Kier alpha value is -3.96. The second-order valence-corrected chi connectivity index (χ2v) is 13.0. The number of aromatic nitrogens is 1. The van der Waals surface area contributed by atoms with Gasteiger partial charge in [0.25, 0.3) is 5.92 Å². The third kappa shape index (κ3) is 6.47. The topological polar surface area (TPSA) is 128 Å². The monoisotopic (exact) mass is 684 g/mol. The van der Waals surface area contributed by atoms with E-state index in [4.69, 9.17) is 4.74 Å². The van der Waals surface area contributed by atoms with Gasteiger partial charge in [0.15, 0.2) is 28.3 Å². The molecule has 0 unspecified atom stereocenters. The largest absolute Gasteiger partial charge is 0.481 e. The number of benzene rings is 1. The number of fused-ring (bicyclic) bond motifs is 1. The zero-order valence-corrected chi connectivity index (χ0v) is 26.7. The maximum Gasteiger partial charge on any atom is 0.338 e. The summed E-state index contributed by atoms with van der Waals surface area (Å²) in [5.41, 5.74) is -2.05. The fraction of sp³-hybridized carbons (Fsp3) is 0.500. The van der Waals surface area contributed by atoms with Gasteiger partial charge in [0.1, 0.15) is 12.1 Å². The number of ether oxygens (including phenoxy) is 1. The van der Waals surface area contributed by atoms with Gasteiger partial charge in [0.05, 0.1) is 36.7 Å². The molecule has 2 aromatic rings. The number of hydrogen-bond donors (Lipinski definition) is 2. The van der Waals surface area contributed by atoms with Crippen LogP contribution in [-0.2, 0) is 19.1 Å². The van der Waals surface area contributed by atoms with Crippen molar-refractivity contribution in [3.05, 3.63) is 63.0 Å². The Morgan fingerprint density at radius 3 is 2.53 bits per heavy atom. The molecule has 0 spiro atoms. The van der Waals surface area contributed by atoms with Crippen molar-refractivity contribution in [1.82, 2.24) is 25.2 Å². The Morgan fingerprint density at radius 2 is 1.91 bits per heavy atom. The third-order valence-electron chi connectivity index (χ3n) is 8.56. The van der Waals surface area contributed by atoms with Crippen molar-refractivity contribution < 1.29 is 46.2 Å². The van der Waals surface area contributed by atoms with Crippen LogP contribution in [0.2, 0.25) is 0 Å². The minimum absolute atomic E-state index is 0.00549. The summed E-state index contributed by atoms with van der Waals surface area (Å²) >= 11 is 1.13. The number of carboxylic acids is 1. The van der Waals surface area contributed by atoms with Crippen molar-refractivity contribution in [3.8, 4) is 0 Å². The summed E-state index contributed by atoms with van der Waals surface area (Å²) < 4.78 is 80.6. The molecule has 3 atom stereocenters. The number of esters is 1. The highest BCUT2D eigenvalue weighted by Gasteiger charge is 2.62. The SMILES string of the molecule is CCOC(=O)C1=C(CN2CC(F)(F)[C@H]3[C@@H]2CN(C(C)=O)N3CCC(C)(C)C(=O)O)NC(c2nccs2)=N[C@H]1c1ccc(F)c(F)c1F. The Bertz CT molecular complexity index is 1630. The highest BCUT2D eigenvalue weighted by Crippen LogP contribution is 2.43. The Labute approximate surface area is 270 Å².